The number of aliphatic hydroxyl groups is 3. The number of thioether (sulfide) groups is 1. The Morgan fingerprint density at radius 2 is 1.72 bits per heavy atom. The minimum Gasteiger partial charge on any atom is -0.394 e. The van der Waals surface area contributed by atoms with Gasteiger partial charge in [-0.25, -0.2) is 26.6 Å². The predicted octanol–water partition coefficient (Wildman–Crippen LogP) is 3.69. The van der Waals surface area contributed by atoms with Crippen molar-refractivity contribution in [1.29, 1.82) is 0 Å². The summed E-state index contributed by atoms with van der Waals surface area (Å²) in [5, 5.41) is 40.1. The lowest BCUT2D eigenvalue weighted by Gasteiger charge is -2.48. The molecule has 10 nitrogen and oxygen atoms in total. The van der Waals surface area contributed by atoms with Crippen molar-refractivity contribution in [3.05, 3.63) is 35.8 Å². The molecule has 1 amide bonds. The summed E-state index contributed by atoms with van der Waals surface area (Å²) in [5.74, 6) is -7.92. The zero-order valence-corrected chi connectivity index (χ0v) is 26.5. The Bertz CT molecular complexity index is 1370. The number of rotatable bonds is 8. The van der Waals surface area contributed by atoms with Crippen molar-refractivity contribution in [2.24, 2.45) is 5.41 Å². The van der Waals surface area contributed by atoms with Gasteiger partial charge in [-0.3, -0.25) is 4.79 Å². The maximum absolute atomic E-state index is 14.0. The van der Waals surface area contributed by atoms with E-state index in [1.165, 1.54) is 22.9 Å². The number of aromatic nitrogens is 3. The summed E-state index contributed by atoms with van der Waals surface area (Å²) in [6.07, 6.45) is -1.72. The molecule has 16 heteroatoms. The van der Waals surface area contributed by atoms with Gasteiger partial charge in [0, 0.05) is 38.6 Å². The first-order valence-electron chi connectivity index (χ1n) is 15.2. The van der Waals surface area contributed by atoms with Crippen molar-refractivity contribution in [3.63, 3.8) is 0 Å². The van der Waals surface area contributed by atoms with Crippen LogP contribution in [-0.2, 0) is 14.3 Å². The summed E-state index contributed by atoms with van der Waals surface area (Å²) >= 11 is 0.933. The van der Waals surface area contributed by atoms with Crippen molar-refractivity contribution in [1.82, 2.24) is 19.9 Å². The molecule has 3 fully saturated rings. The molecule has 0 spiro atoms. The van der Waals surface area contributed by atoms with E-state index in [0.717, 1.165) is 23.9 Å². The number of amides is 1. The Morgan fingerprint density at radius 3 is 2.28 bits per heavy atom. The molecule has 0 radical (unpaired) electrons. The highest BCUT2D eigenvalue weighted by atomic mass is 32.2. The fraction of sp³-hybridized carbons (Fsp3) is 0.700. The second-order valence-corrected chi connectivity index (χ2v) is 14.4. The molecule has 1 unspecified atom stereocenters. The van der Waals surface area contributed by atoms with Crippen LogP contribution < -0.4 is 0 Å². The molecule has 46 heavy (non-hydrogen) atoms. The lowest BCUT2D eigenvalue weighted by Crippen LogP contribution is -2.59. The molecule has 256 valence electrons. The fourth-order valence-electron chi connectivity index (χ4n) is 6.37. The van der Waals surface area contributed by atoms with E-state index in [1.807, 2.05) is 0 Å². The zero-order valence-electron chi connectivity index (χ0n) is 25.7. The van der Waals surface area contributed by atoms with E-state index in [1.54, 1.807) is 0 Å². The number of benzene rings is 1. The minimum absolute atomic E-state index is 0.0508. The number of carbonyl (C=O) groups excluding carboxylic acids is 1. The Labute approximate surface area is 267 Å². The van der Waals surface area contributed by atoms with Crippen LogP contribution in [0.25, 0.3) is 11.3 Å². The Kier molecular flexibility index (Phi) is 10.1. The molecule has 1 aliphatic carbocycles. The average Bonchev–Trinajstić information content (AvgIpc) is 3.50. The molecule has 1 aromatic heterocycles. The van der Waals surface area contributed by atoms with Crippen LogP contribution in [0.1, 0.15) is 58.4 Å². The van der Waals surface area contributed by atoms with Crippen LogP contribution in [0.15, 0.2) is 18.3 Å². The average molecular weight is 679 g/mol. The van der Waals surface area contributed by atoms with Crippen molar-refractivity contribution < 1.29 is 51.5 Å². The van der Waals surface area contributed by atoms with E-state index in [9.17, 15) is 42.1 Å². The van der Waals surface area contributed by atoms with Gasteiger partial charge in [-0.1, -0.05) is 19.1 Å². The van der Waals surface area contributed by atoms with Gasteiger partial charge < -0.3 is 29.7 Å². The summed E-state index contributed by atoms with van der Waals surface area (Å²) in [6, 6.07) is 0.374. The number of alkyl halides is 2. The molecule has 3 aliphatic rings. The van der Waals surface area contributed by atoms with Gasteiger partial charge in [0.1, 0.15) is 40.7 Å². The van der Waals surface area contributed by atoms with Crippen LogP contribution in [0.5, 0.6) is 0 Å². The Balaban J connectivity index is 1.47. The van der Waals surface area contributed by atoms with Crippen molar-refractivity contribution in [2.45, 2.75) is 98.9 Å². The van der Waals surface area contributed by atoms with Gasteiger partial charge in [0.15, 0.2) is 17.5 Å². The molecular formula is C30H39F5N4O6S. The predicted molar refractivity (Wildman–Crippen MR) is 156 cm³/mol. The molecule has 3 heterocycles. The Morgan fingerprint density at radius 1 is 1.11 bits per heavy atom. The second kappa shape index (κ2) is 13.3. The maximum atomic E-state index is 14.0. The molecule has 6 atom stereocenters. The molecule has 2 aromatic rings. The zero-order chi connectivity index (χ0) is 33.6. The number of piperidine rings is 1. The van der Waals surface area contributed by atoms with Crippen molar-refractivity contribution in [2.75, 3.05) is 26.8 Å². The number of aliphatic hydroxyl groups excluding tert-OH is 2. The van der Waals surface area contributed by atoms with E-state index >= 15 is 0 Å². The van der Waals surface area contributed by atoms with Crippen molar-refractivity contribution in [3.8, 4) is 11.3 Å². The van der Waals surface area contributed by atoms with E-state index in [0.29, 0.717) is 12.8 Å². The first-order chi connectivity index (χ1) is 21.6. The standard InChI is InChI=1S/C30H39F5N4O6S/c1-28(2)4-6-29(43,7-5-28)25(26(42)38-10-8-30(34,35)9-11-38)46-27-24(44-3)22(23(41)20(15-40)45-27)39-14-19(36-37-39)16-12-17(31)21(33)18(32)13-16/h12-14,20,22-25,27,40-41,43H,4-11,15H2,1-3H3/t20-,22+,23+,24-,25?,27+/m1/s1. The molecule has 3 N–H and O–H groups in total. The SMILES string of the molecule is CO[C@@H]1[C@@H](n2cc(-c3cc(F)c(F)c(F)c3)nn2)[C@@H](O)[C@@H](CO)O[C@H]1SC(C(=O)N1CCC(F)(F)CC1)C1(O)CCC(C)(C)CC1. The lowest BCUT2D eigenvalue weighted by atomic mass is 9.69. The second-order valence-electron chi connectivity index (χ2n) is 13.2. The van der Waals surface area contributed by atoms with Crippen molar-refractivity contribution >= 4 is 17.7 Å². The van der Waals surface area contributed by atoms with Crippen LogP contribution in [0.4, 0.5) is 22.0 Å². The number of likely N-dealkylation sites (tertiary alicyclic amines) is 1. The molecule has 5 rings (SSSR count). The largest absolute Gasteiger partial charge is 0.394 e. The van der Waals surface area contributed by atoms with Gasteiger partial charge in [0.05, 0.1) is 18.4 Å². The number of hydrogen-bond donors (Lipinski definition) is 3. The maximum Gasteiger partial charge on any atom is 0.251 e. The quantitative estimate of drug-likeness (QED) is 0.283. The number of carbonyl (C=O) groups is 1. The van der Waals surface area contributed by atoms with Crippen LogP contribution in [0, 0.1) is 22.9 Å². The number of ether oxygens (including phenoxy) is 2. The first-order valence-corrected chi connectivity index (χ1v) is 16.1. The van der Waals surface area contributed by atoms with Crippen LogP contribution in [0.3, 0.4) is 0 Å². The normalized spacial score (nSPS) is 29.8. The smallest absolute Gasteiger partial charge is 0.251 e. The van der Waals surface area contributed by atoms with E-state index < -0.39 is 89.4 Å². The summed E-state index contributed by atoms with van der Waals surface area (Å²) in [6.45, 7) is 3.10. The summed E-state index contributed by atoms with van der Waals surface area (Å²) in [4.78, 5) is 15.4. The van der Waals surface area contributed by atoms with Gasteiger partial charge in [-0.2, -0.15) is 0 Å². The third kappa shape index (κ3) is 7.06. The highest BCUT2D eigenvalue weighted by molar-refractivity contribution is 8.01. The molecule has 2 saturated heterocycles. The third-order valence-corrected chi connectivity index (χ3v) is 11.0. The number of methoxy groups -OCH3 is 1. The molecule has 1 aromatic carbocycles. The minimum atomic E-state index is -2.89. The highest BCUT2D eigenvalue weighted by Gasteiger charge is 2.54. The topological polar surface area (TPSA) is 130 Å². The molecule has 0 bridgehead atoms. The number of nitrogens with zero attached hydrogens (tertiary/aromatic N) is 4. The van der Waals surface area contributed by atoms with Crippen LogP contribution in [-0.4, -0.2) is 108 Å². The van der Waals surface area contributed by atoms with Gasteiger partial charge in [0.2, 0.25) is 5.91 Å². The molecular weight excluding hydrogens is 639 g/mol. The van der Waals surface area contributed by atoms with E-state index in [4.69, 9.17) is 9.47 Å². The monoisotopic (exact) mass is 678 g/mol. The molecule has 2 aliphatic heterocycles. The van der Waals surface area contributed by atoms with E-state index in [-0.39, 0.29) is 42.6 Å². The van der Waals surface area contributed by atoms with Gasteiger partial charge in [-0.05, 0) is 43.2 Å². The number of halogens is 5. The highest BCUT2D eigenvalue weighted by Crippen LogP contribution is 2.48. The van der Waals surface area contributed by atoms with Crippen LogP contribution >= 0.6 is 11.8 Å². The Hall–Kier alpha value is -2.37. The first kappa shape index (κ1) is 35.0. The van der Waals surface area contributed by atoms with Gasteiger partial charge >= 0.3 is 0 Å². The van der Waals surface area contributed by atoms with E-state index in [2.05, 4.69) is 24.2 Å². The molecule has 1 saturated carbocycles. The lowest BCUT2D eigenvalue weighted by molar-refractivity contribution is -0.186. The summed E-state index contributed by atoms with van der Waals surface area (Å²) in [7, 11) is 1.32. The van der Waals surface area contributed by atoms with Gasteiger partial charge in [0.25, 0.3) is 5.92 Å². The van der Waals surface area contributed by atoms with Crippen LogP contribution in [0.2, 0.25) is 0 Å². The number of hydrogen-bond acceptors (Lipinski definition) is 9. The summed E-state index contributed by atoms with van der Waals surface area (Å²) < 4.78 is 82.4. The third-order valence-electron chi connectivity index (χ3n) is 9.45. The van der Waals surface area contributed by atoms with Gasteiger partial charge in [-0.15, -0.1) is 16.9 Å². The summed E-state index contributed by atoms with van der Waals surface area (Å²) in [5.41, 5.74) is -2.86. The fourth-order valence-corrected chi connectivity index (χ4v) is 8.03.